The third kappa shape index (κ3) is 3.87. The van der Waals surface area contributed by atoms with Gasteiger partial charge in [-0.05, 0) is 61.8 Å². The molecule has 1 fully saturated rings. The third-order valence-corrected chi connectivity index (χ3v) is 6.21. The van der Waals surface area contributed by atoms with Crippen LogP contribution in [0.25, 0.3) is 21.9 Å². The van der Waals surface area contributed by atoms with Crippen molar-refractivity contribution in [1.82, 2.24) is 19.9 Å². The first-order valence-electron chi connectivity index (χ1n) is 10.6. The number of benzene rings is 2. The summed E-state index contributed by atoms with van der Waals surface area (Å²) in [6.07, 6.45) is 4.93. The van der Waals surface area contributed by atoms with Crippen molar-refractivity contribution in [3.63, 3.8) is 0 Å². The molecule has 154 valence electrons. The van der Waals surface area contributed by atoms with Crippen LogP contribution in [0.3, 0.4) is 0 Å². The molecule has 0 atom stereocenters. The summed E-state index contributed by atoms with van der Waals surface area (Å²) in [6.45, 7) is 2.56. The number of carbonyl (C=O) groups excluding carboxylic acids is 1. The smallest absolute Gasteiger partial charge is 0.136 e. The summed E-state index contributed by atoms with van der Waals surface area (Å²) in [4.78, 5) is 26.2. The molecule has 0 unspecified atom stereocenters. The molecule has 4 aromatic rings. The van der Waals surface area contributed by atoms with Crippen molar-refractivity contribution in [3.05, 3.63) is 65.9 Å². The molecule has 0 radical (unpaired) electrons. The van der Waals surface area contributed by atoms with Crippen molar-refractivity contribution in [2.24, 2.45) is 5.92 Å². The minimum absolute atomic E-state index is 0.131. The van der Waals surface area contributed by atoms with Gasteiger partial charge in [-0.2, -0.15) is 0 Å². The van der Waals surface area contributed by atoms with E-state index in [4.69, 9.17) is 0 Å². The first-order valence-corrected chi connectivity index (χ1v) is 10.6. The number of aromatic amines is 2. The zero-order valence-electron chi connectivity index (χ0n) is 16.8. The lowest BCUT2D eigenvalue weighted by Crippen LogP contribution is -2.36. The fourth-order valence-electron chi connectivity index (χ4n) is 4.51. The molecule has 2 aromatic heterocycles. The monoisotopic (exact) mass is 404 g/mol. The van der Waals surface area contributed by atoms with E-state index in [9.17, 15) is 9.18 Å². The molecule has 0 saturated carbocycles. The number of fused-ring (bicyclic) bond motifs is 2. The number of hydrogen-bond acceptors (Lipinski definition) is 3. The molecule has 6 heteroatoms. The molecule has 5 nitrogen and oxygen atoms in total. The molecule has 0 aliphatic carbocycles. The van der Waals surface area contributed by atoms with Gasteiger partial charge in [-0.1, -0.05) is 12.1 Å². The van der Waals surface area contributed by atoms with Crippen LogP contribution in [-0.4, -0.2) is 38.7 Å². The normalized spacial score (nSPS) is 15.9. The Bertz CT molecular complexity index is 1150. The second kappa shape index (κ2) is 8.03. The highest BCUT2D eigenvalue weighted by Crippen LogP contribution is 2.25. The molecule has 1 aliphatic heterocycles. The number of aryl methyl sites for hydroxylation is 1. The van der Waals surface area contributed by atoms with Gasteiger partial charge in [0, 0.05) is 42.4 Å². The Morgan fingerprint density at radius 3 is 2.80 bits per heavy atom. The van der Waals surface area contributed by atoms with Gasteiger partial charge in [0.05, 0.1) is 11.0 Å². The van der Waals surface area contributed by atoms with Crippen LogP contribution in [0, 0.1) is 11.7 Å². The number of imidazole rings is 1. The van der Waals surface area contributed by atoms with E-state index in [1.807, 2.05) is 30.5 Å². The lowest BCUT2D eigenvalue weighted by Gasteiger charge is -2.31. The summed E-state index contributed by atoms with van der Waals surface area (Å²) < 4.78 is 13.6. The number of H-pyrrole nitrogens is 2. The molecule has 0 amide bonds. The van der Waals surface area contributed by atoms with Crippen molar-refractivity contribution < 1.29 is 9.18 Å². The summed E-state index contributed by atoms with van der Waals surface area (Å²) in [5.74, 6) is 1.14. The van der Waals surface area contributed by atoms with Gasteiger partial charge >= 0.3 is 0 Å². The van der Waals surface area contributed by atoms with Crippen LogP contribution >= 0.6 is 0 Å². The van der Waals surface area contributed by atoms with Gasteiger partial charge in [0.1, 0.15) is 17.4 Å². The molecule has 1 aliphatic rings. The number of aromatic nitrogens is 3. The molecular weight excluding hydrogens is 379 g/mol. The maximum atomic E-state index is 13.6. The highest BCUT2D eigenvalue weighted by molar-refractivity contribution is 5.83. The van der Waals surface area contributed by atoms with Crippen LogP contribution in [0.15, 0.2) is 48.7 Å². The quantitative estimate of drug-likeness (QED) is 0.494. The number of hydrogen-bond donors (Lipinski definition) is 2. The van der Waals surface area contributed by atoms with E-state index in [2.05, 4.69) is 19.9 Å². The van der Waals surface area contributed by atoms with Crippen LogP contribution in [-0.2, 0) is 17.8 Å². The largest absolute Gasteiger partial charge is 0.361 e. The minimum atomic E-state index is -0.211. The summed E-state index contributed by atoms with van der Waals surface area (Å²) in [5, 5.41) is 0.944. The number of ketones is 1. The molecule has 30 heavy (non-hydrogen) atoms. The average Bonchev–Trinajstić information content (AvgIpc) is 3.36. The van der Waals surface area contributed by atoms with Gasteiger partial charge in [0.15, 0.2) is 0 Å². The molecule has 0 spiro atoms. The number of rotatable bonds is 6. The third-order valence-electron chi connectivity index (χ3n) is 6.21. The highest BCUT2D eigenvalue weighted by atomic mass is 19.1. The second-order valence-corrected chi connectivity index (χ2v) is 8.22. The zero-order valence-corrected chi connectivity index (χ0v) is 16.8. The number of nitrogens with one attached hydrogen (secondary N) is 2. The average molecular weight is 404 g/mol. The lowest BCUT2D eigenvalue weighted by atomic mass is 9.90. The molecule has 2 N–H and O–H groups in total. The Morgan fingerprint density at radius 1 is 1.13 bits per heavy atom. The summed E-state index contributed by atoms with van der Waals surface area (Å²) >= 11 is 0. The summed E-state index contributed by atoms with van der Waals surface area (Å²) in [6, 6.07) is 12.8. The fourth-order valence-corrected chi connectivity index (χ4v) is 4.51. The topological polar surface area (TPSA) is 64.8 Å². The van der Waals surface area contributed by atoms with Gasteiger partial charge < -0.3 is 9.97 Å². The Hall–Kier alpha value is -2.99. The predicted molar refractivity (Wildman–Crippen MR) is 116 cm³/mol. The van der Waals surface area contributed by atoms with Gasteiger partial charge in [-0.3, -0.25) is 9.69 Å². The van der Waals surface area contributed by atoms with Gasteiger partial charge in [-0.25, -0.2) is 9.37 Å². The van der Waals surface area contributed by atoms with Crippen molar-refractivity contribution in [1.29, 1.82) is 0 Å². The molecule has 0 bridgehead atoms. The van der Waals surface area contributed by atoms with E-state index in [0.29, 0.717) is 18.6 Å². The van der Waals surface area contributed by atoms with Crippen LogP contribution in [0.1, 0.15) is 30.7 Å². The van der Waals surface area contributed by atoms with E-state index in [0.717, 1.165) is 65.8 Å². The van der Waals surface area contributed by atoms with E-state index < -0.39 is 0 Å². The van der Waals surface area contributed by atoms with E-state index in [1.165, 1.54) is 6.07 Å². The van der Waals surface area contributed by atoms with Gasteiger partial charge in [-0.15, -0.1) is 0 Å². The molecular formula is C24H25FN4O. The lowest BCUT2D eigenvalue weighted by molar-refractivity contribution is -0.124. The van der Waals surface area contributed by atoms with E-state index >= 15 is 0 Å². The maximum absolute atomic E-state index is 13.6. The van der Waals surface area contributed by atoms with Crippen molar-refractivity contribution >= 4 is 27.7 Å². The summed E-state index contributed by atoms with van der Waals surface area (Å²) in [5.41, 5.74) is 4.04. The Kier molecular flexibility index (Phi) is 5.09. The Labute approximate surface area is 174 Å². The molecule has 1 saturated heterocycles. The SMILES string of the molecule is O=C(CCc1nc2ccccc2[nH]1)C1CCN(Cc2c[nH]c3ccc(F)cc23)CC1. The zero-order chi connectivity index (χ0) is 20.5. The van der Waals surface area contributed by atoms with Crippen molar-refractivity contribution in [3.8, 4) is 0 Å². The number of piperidine rings is 1. The fraction of sp³-hybridized carbons (Fsp3) is 0.333. The molecule has 2 aromatic carbocycles. The number of nitrogens with zero attached hydrogens (tertiary/aromatic N) is 2. The number of likely N-dealkylation sites (tertiary alicyclic amines) is 1. The first-order chi connectivity index (χ1) is 14.7. The highest BCUT2D eigenvalue weighted by Gasteiger charge is 2.25. The van der Waals surface area contributed by atoms with Gasteiger partial charge in [0.2, 0.25) is 0 Å². The maximum Gasteiger partial charge on any atom is 0.136 e. The summed E-state index contributed by atoms with van der Waals surface area (Å²) in [7, 11) is 0. The van der Waals surface area contributed by atoms with Crippen LogP contribution in [0.4, 0.5) is 4.39 Å². The minimum Gasteiger partial charge on any atom is -0.361 e. The predicted octanol–water partition coefficient (Wildman–Crippen LogP) is 4.60. The number of para-hydroxylation sites is 2. The number of carbonyl (C=O) groups is 1. The van der Waals surface area contributed by atoms with E-state index in [1.54, 1.807) is 12.1 Å². The van der Waals surface area contributed by atoms with Crippen LogP contribution < -0.4 is 0 Å². The number of halogens is 1. The van der Waals surface area contributed by atoms with Crippen molar-refractivity contribution in [2.75, 3.05) is 13.1 Å². The number of Topliss-reactive ketones (excluding diaryl/α,β-unsaturated/α-hetero) is 1. The first kappa shape index (κ1) is 19.0. The van der Waals surface area contributed by atoms with Gasteiger partial charge in [0.25, 0.3) is 0 Å². The second-order valence-electron chi connectivity index (χ2n) is 8.22. The van der Waals surface area contributed by atoms with Crippen LogP contribution in [0.2, 0.25) is 0 Å². The Morgan fingerprint density at radius 2 is 1.97 bits per heavy atom. The molecule has 5 rings (SSSR count). The molecule has 3 heterocycles. The Balaban J connectivity index is 1.14. The van der Waals surface area contributed by atoms with Crippen molar-refractivity contribution in [2.45, 2.75) is 32.2 Å². The van der Waals surface area contributed by atoms with Crippen LogP contribution in [0.5, 0.6) is 0 Å². The van der Waals surface area contributed by atoms with E-state index in [-0.39, 0.29) is 11.7 Å². The standard InChI is InChI=1S/C24H25FN4O/c25-18-5-6-20-19(13-18)17(14-26-20)15-29-11-9-16(10-12-29)23(30)7-8-24-27-21-3-1-2-4-22(21)28-24/h1-6,13-14,16,26H,7-12,15H2,(H,27,28).